The predicted octanol–water partition coefficient (Wildman–Crippen LogP) is 8.76. The smallest absolute Gasteiger partial charge is 0.239 e. The number of rotatable bonds is 7. The molecule has 6 rings (SSSR count). The molecule has 0 aliphatic heterocycles. The number of fused-ring (bicyclic) bond motifs is 1. The van der Waals surface area contributed by atoms with Gasteiger partial charge in [0.2, 0.25) is 5.91 Å². The van der Waals surface area contributed by atoms with Crippen molar-refractivity contribution in [3.05, 3.63) is 108 Å². The normalized spacial score (nSPS) is 12.0. The van der Waals surface area contributed by atoms with Crippen molar-refractivity contribution in [2.75, 3.05) is 5.32 Å². The number of imidazole rings is 1. The number of nitrogens with zero attached hydrogens (tertiary/aromatic N) is 2. The van der Waals surface area contributed by atoms with Crippen LogP contribution >= 0.6 is 23.1 Å². The highest BCUT2D eigenvalue weighted by atomic mass is 32.2. The number of H-pyrrole nitrogens is 1. The summed E-state index contributed by atoms with van der Waals surface area (Å²) in [7, 11) is 0. The zero-order valence-electron chi connectivity index (χ0n) is 22.4. The van der Waals surface area contributed by atoms with Crippen molar-refractivity contribution < 1.29 is 4.79 Å². The number of hydrogen-bond acceptors (Lipinski definition) is 5. The average Bonchev–Trinajstić information content (AvgIpc) is 3.61. The number of carbonyl (C=O) groups excluding carboxylic acids is 1. The topological polar surface area (TPSA) is 70.7 Å². The summed E-state index contributed by atoms with van der Waals surface area (Å²) < 4.78 is 0. The van der Waals surface area contributed by atoms with E-state index in [4.69, 9.17) is 4.98 Å². The Hall–Kier alpha value is -4.20. The maximum atomic E-state index is 13.1. The number of carbonyl (C=O) groups is 1. The molecule has 0 saturated carbocycles. The van der Waals surface area contributed by atoms with Gasteiger partial charge in [0.15, 0.2) is 10.3 Å². The van der Waals surface area contributed by atoms with Crippen LogP contribution in [0.3, 0.4) is 0 Å². The van der Waals surface area contributed by atoms with Crippen LogP contribution in [0.2, 0.25) is 0 Å². The number of nitrogens with one attached hydrogen (secondary N) is 2. The number of aromatic amines is 1. The zero-order valence-corrected chi connectivity index (χ0v) is 24.1. The fourth-order valence-electron chi connectivity index (χ4n) is 4.50. The SMILES string of the molecule is Cc1ccc(-c2nc(SC(C)C(=O)Nc3nc(-c4ccc5ccccc5c4)cs3)[nH]c2-c2ccc(C)cc2)cc1. The lowest BCUT2D eigenvalue weighted by Gasteiger charge is -2.08. The zero-order chi connectivity index (χ0) is 27.6. The van der Waals surface area contributed by atoms with Gasteiger partial charge in [-0.1, -0.05) is 108 Å². The standard InChI is InChI=1S/C33H28N4OS2/c1-20-8-12-24(13-9-20)29-30(25-14-10-21(2)11-15-25)36-33(35-29)40-22(3)31(38)37-32-34-28(19-39-32)27-17-16-23-6-4-5-7-26(23)18-27/h4-19,22H,1-3H3,(H,35,36)(H,34,37,38). The second kappa shape index (κ2) is 11.1. The van der Waals surface area contributed by atoms with E-state index in [9.17, 15) is 4.79 Å². The monoisotopic (exact) mass is 560 g/mol. The number of thiazole rings is 1. The van der Waals surface area contributed by atoms with E-state index in [1.54, 1.807) is 0 Å². The third-order valence-corrected chi connectivity index (χ3v) is 8.53. The number of anilines is 1. The predicted molar refractivity (Wildman–Crippen MR) is 168 cm³/mol. The maximum Gasteiger partial charge on any atom is 0.239 e. The second-order valence-corrected chi connectivity index (χ2v) is 12.0. The highest BCUT2D eigenvalue weighted by molar-refractivity contribution is 8.00. The lowest BCUT2D eigenvalue weighted by atomic mass is 10.0. The first kappa shape index (κ1) is 26.0. The molecular formula is C33H28N4OS2. The van der Waals surface area contributed by atoms with Gasteiger partial charge in [-0.15, -0.1) is 11.3 Å². The Bertz CT molecular complexity index is 1740. The highest BCUT2D eigenvalue weighted by Gasteiger charge is 2.21. The van der Waals surface area contributed by atoms with E-state index in [-0.39, 0.29) is 11.2 Å². The van der Waals surface area contributed by atoms with Gasteiger partial charge in [0.1, 0.15) is 0 Å². The minimum absolute atomic E-state index is 0.116. The lowest BCUT2D eigenvalue weighted by Crippen LogP contribution is -2.22. The van der Waals surface area contributed by atoms with Crippen LogP contribution in [0.25, 0.3) is 44.5 Å². The lowest BCUT2D eigenvalue weighted by molar-refractivity contribution is -0.115. The van der Waals surface area contributed by atoms with Crippen molar-refractivity contribution in [2.24, 2.45) is 0 Å². The molecule has 198 valence electrons. The molecule has 2 N–H and O–H groups in total. The van der Waals surface area contributed by atoms with Gasteiger partial charge < -0.3 is 10.3 Å². The fraction of sp³-hybridized carbons (Fsp3) is 0.121. The summed E-state index contributed by atoms with van der Waals surface area (Å²) in [6.07, 6.45) is 0. The van der Waals surface area contributed by atoms with Gasteiger partial charge in [-0.25, -0.2) is 9.97 Å². The molecule has 2 aromatic heterocycles. The molecule has 1 amide bonds. The Morgan fingerprint density at radius 3 is 2.20 bits per heavy atom. The van der Waals surface area contributed by atoms with Gasteiger partial charge in [0.05, 0.1) is 22.3 Å². The van der Waals surface area contributed by atoms with Crippen LogP contribution in [0.5, 0.6) is 0 Å². The summed E-state index contributed by atoms with van der Waals surface area (Å²) in [5.41, 5.74) is 8.18. The first-order valence-corrected chi connectivity index (χ1v) is 14.9. The van der Waals surface area contributed by atoms with E-state index in [1.807, 2.05) is 24.4 Å². The Labute approximate surface area is 241 Å². The molecule has 0 bridgehead atoms. The van der Waals surface area contributed by atoms with Crippen molar-refractivity contribution in [3.8, 4) is 33.8 Å². The van der Waals surface area contributed by atoms with Crippen molar-refractivity contribution >= 4 is 44.9 Å². The Kier molecular flexibility index (Phi) is 7.24. The summed E-state index contributed by atoms with van der Waals surface area (Å²) in [5.74, 6) is -0.116. The van der Waals surface area contributed by atoms with Crippen LogP contribution in [-0.2, 0) is 4.79 Å². The minimum atomic E-state index is -0.379. The van der Waals surface area contributed by atoms with E-state index in [0.717, 1.165) is 39.2 Å². The number of hydrogen-bond donors (Lipinski definition) is 2. The van der Waals surface area contributed by atoms with Crippen LogP contribution in [0.4, 0.5) is 5.13 Å². The quantitative estimate of drug-likeness (QED) is 0.192. The van der Waals surface area contributed by atoms with Crippen LogP contribution < -0.4 is 5.32 Å². The Balaban J connectivity index is 1.20. The van der Waals surface area contributed by atoms with E-state index >= 15 is 0 Å². The molecule has 1 unspecified atom stereocenters. The van der Waals surface area contributed by atoms with Gasteiger partial charge >= 0.3 is 0 Å². The molecule has 0 aliphatic rings. The molecule has 0 aliphatic carbocycles. The Morgan fingerprint density at radius 1 is 0.825 bits per heavy atom. The molecule has 6 aromatic rings. The molecule has 0 saturated heterocycles. The maximum absolute atomic E-state index is 13.1. The van der Waals surface area contributed by atoms with Crippen molar-refractivity contribution in [3.63, 3.8) is 0 Å². The number of benzene rings is 4. The molecule has 4 aromatic carbocycles. The van der Waals surface area contributed by atoms with Gasteiger partial charge in [-0.05, 0) is 37.6 Å². The fourth-order valence-corrected chi connectivity index (χ4v) is 6.03. The summed E-state index contributed by atoms with van der Waals surface area (Å²) in [6, 6.07) is 31.3. The number of aromatic nitrogens is 3. The molecule has 0 spiro atoms. The van der Waals surface area contributed by atoms with Crippen molar-refractivity contribution in [1.82, 2.24) is 15.0 Å². The Morgan fingerprint density at radius 2 is 1.48 bits per heavy atom. The molecule has 0 radical (unpaired) electrons. The van der Waals surface area contributed by atoms with Crippen LogP contribution in [-0.4, -0.2) is 26.1 Å². The van der Waals surface area contributed by atoms with Gasteiger partial charge in [-0.2, -0.15) is 0 Å². The van der Waals surface area contributed by atoms with Crippen molar-refractivity contribution in [2.45, 2.75) is 31.2 Å². The van der Waals surface area contributed by atoms with Gasteiger partial charge in [0.25, 0.3) is 0 Å². The third-order valence-electron chi connectivity index (χ3n) is 6.78. The molecule has 1 atom stereocenters. The number of aryl methyl sites for hydroxylation is 2. The van der Waals surface area contributed by atoms with Crippen LogP contribution in [0.15, 0.2) is 102 Å². The summed E-state index contributed by atoms with van der Waals surface area (Å²) >= 11 is 2.83. The molecular weight excluding hydrogens is 533 g/mol. The first-order chi connectivity index (χ1) is 19.4. The van der Waals surface area contributed by atoms with E-state index in [2.05, 4.69) is 108 Å². The van der Waals surface area contributed by atoms with Gasteiger partial charge in [0, 0.05) is 22.1 Å². The van der Waals surface area contributed by atoms with E-state index < -0.39 is 0 Å². The van der Waals surface area contributed by atoms with Gasteiger partial charge in [-0.3, -0.25) is 4.79 Å². The number of thioether (sulfide) groups is 1. The minimum Gasteiger partial charge on any atom is -0.332 e. The van der Waals surface area contributed by atoms with E-state index in [1.165, 1.54) is 39.6 Å². The third kappa shape index (κ3) is 5.57. The molecule has 5 nitrogen and oxygen atoms in total. The van der Waals surface area contributed by atoms with Crippen molar-refractivity contribution in [1.29, 1.82) is 0 Å². The average molecular weight is 561 g/mol. The largest absolute Gasteiger partial charge is 0.332 e. The van der Waals surface area contributed by atoms with Crippen LogP contribution in [0, 0.1) is 13.8 Å². The first-order valence-electron chi connectivity index (χ1n) is 13.1. The highest BCUT2D eigenvalue weighted by Crippen LogP contribution is 2.35. The molecule has 2 heterocycles. The molecule has 7 heteroatoms. The van der Waals surface area contributed by atoms with Crippen LogP contribution in [0.1, 0.15) is 18.1 Å². The number of amides is 1. The van der Waals surface area contributed by atoms with E-state index in [0.29, 0.717) is 10.3 Å². The second-order valence-electron chi connectivity index (χ2n) is 9.85. The summed E-state index contributed by atoms with van der Waals surface area (Å²) in [6.45, 7) is 6.04. The molecule has 0 fully saturated rings. The summed E-state index contributed by atoms with van der Waals surface area (Å²) in [5, 5.41) is 8.23. The summed E-state index contributed by atoms with van der Waals surface area (Å²) in [4.78, 5) is 26.2. The molecule has 40 heavy (non-hydrogen) atoms.